The molecule has 0 spiro atoms. The van der Waals surface area contributed by atoms with Gasteiger partial charge in [0.05, 0.1) is 28.3 Å². The lowest BCUT2D eigenvalue weighted by Gasteiger charge is -2.32. The Hall–Kier alpha value is -3.72. The number of nitrogens with zero attached hydrogens (tertiary/aromatic N) is 7. The first-order valence-corrected chi connectivity index (χ1v) is 10.2. The number of halogens is 1. The van der Waals surface area contributed by atoms with Crippen LogP contribution >= 0.6 is 11.6 Å². The number of aryl methyl sites for hydroxylation is 1. The summed E-state index contributed by atoms with van der Waals surface area (Å²) in [6.45, 7) is 2.64. The summed E-state index contributed by atoms with van der Waals surface area (Å²) >= 11 is 6.38. The van der Waals surface area contributed by atoms with Gasteiger partial charge in [0.15, 0.2) is 0 Å². The van der Waals surface area contributed by atoms with Crippen LogP contribution in [0.3, 0.4) is 0 Å². The zero-order valence-electron chi connectivity index (χ0n) is 16.5. The first-order chi connectivity index (χ1) is 15.2. The van der Waals surface area contributed by atoms with Gasteiger partial charge in [-0.15, -0.1) is 5.10 Å². The van der Waals surface area contributed by atoms with Crippen molar-refractivity contribution in [3.8, 4) is 11.6 Å². The van der Waals surface area contributed by atoms with Crippen molar-refractivity contribution in [2.45, 2.75) is 19.4 Å². The van der Waals surface area contributed by atoms with Gasteiger partial charge in [0.25, 0.3) is 5.89 Å². The van der Waals surface area contributed by atoms with E-state index in [2.05, 4.69) is 25.1 Å². The molecule has 1 atom stereocenters. The topological polar surface area (TPSA) is 101 Å². The predicted molar refractivity (Wildman–Crippen MR) is 114 cm³/mol. The molecule has 0 saturated carbocycles. The maximum Gasteiger partial charge on any atom is 0.319 e. The molecule has 0 unspecified atom stereocenters. The summed E-state index contributed by atoms with van der Waals surface area (Å²) in [5.74, 6) is 0.387. The smallest absolute Gasteiger partial charge is 0.319 e. The third-order valence-electron chi connectivity index (χ3n) is 5.55. The summed E-state index contributed by atoms with van der Waals surface area (Å²) in [5, 5.41) is 14.0. The maximum absolute atomic E-state index is 6.38. The van der Waals surface area contributed by atoms with Crippen molar-refractivity contribution in [1.82, 2.24) is 34.8 Å². The molecule has 9 nitrogen and oxygen atoms in total. The van der Waals surface area contributed by atoms with Crippen molar-refractivity contribution in [3.63, 3.8) is 0 Å². The van der Waals surface area contributed by atoms with Gasteiger partial charge in [-0.3, -0.25) is 4.98 Å². The number of imidazole rings is 1. The molecular weight excluding hydrogens is 416 g/mol. The zero-order valence-corrected chi connectivity index (χ0v) is 17.3. The number of nitrogens with one attached hydrogen (secondary N) is 1. The van der Waals surface area contributed by atoms with E-state index in [9.17, 15) is 0 Å². The Balaban J connectivity index is 1.46. The standard InChI is InChI=1S/C21H17ClN8O/c1-12-4-2-7-23-17(12)20-26-27-21(31-20)29-9-6-14-18(25-11-24-14)19(29)15-10-16-13(22)5-3-8-30(16)28-15/h2-5,7-8,10-11,19H,6,9H2,1H3,(H,24,25)/t19-/m1/s1. The molecule has 31 heavy (non-hydrogen) atoms. The maximum atomic E-state index is 6.38. The summed E-state index contributed by atoms with van der Waals surface area (Å²) < 4.78 is 7.84. The summed E-state index contributed by atoms with van der Waals surface area (Å²) in [6.07, 6.45) is 6.07. The number of aromatic amines is 1. The van der Waals surface area contributed by atoms with Gasteiger partial charge in [0.1, 0.15) is 11.7 Å². The molecule has 0 fully saturated rings. The van der Waals surface area contributed by atoms with Crippen LogP contribution in [-0.2, 0) is 6.42 Å². The highest BCUT2D eigenvalue weighted by molar-refractivity contribution is 6.33. The summed E-state index contributed by atoms with van der Waals surface area (Å²) in [4.78, 5) is 14.2. The second-order valence-corrected chi connectivity index (χ2v) is 7.83. The van der Waals surface area contributed by atoms with Crippen LogP contribution < -0.4 is 4.90 Å². The fourth-order valence-corrected chi connectivity index (χ4v) is 4.27. The van der Waals surface area contributed by atoms with Gasteiger partial charge >= 0.3 is 6.01 Å². The van der Waals surface area contributed by atoms with Crippen molar-refractivity contribution < 1.29 is 4.42 Å². The molecule has 0 saturated heterocycles. The molecule has 1 aliphatic rings. The predicted octanol–water partition coefficient (Wildman–Crippen LogP) is 3.62. The van der Waals surface area contributed by atoms with Crippen LogP contribution in [0.15, 0.2) is 53.5 Å². The highest BCUT2D eigenvalue weighted by Crippen LogP contribution is 2.37. The van der Waals surface area contributed by atoms with E-state index < -0.39 is 0 Å². The Morgan fingerprint density at radius 2 is 2.13 bits per heavy atom. The summed E-state index contributed by atoms with van der Waals surface area (Å²) in [5.41, 5.74) is 5.24. The zero-order chi connectivity index (χ0) is 20.9. The number of hydrogen-bond acceptors (Lipinski definition) is 7. The molecule has 1 N–H and O–H groups in total. The summed E-state index contributed by atoms with van der Waals surface area (Å²) in [7, 11) is 0. The van der Waals surface area contributed by atoms with Gasteiger partial charge < -0.3 is 14.3 Å². The van der Waals surface area contributed by atoms with Crippen molar-refractivity contribution in [2.75, 3.05) is 11.4 Å². The number of fused-ring (bicyclic) bond motifs is 2. The van der Waals surface area contributed by atoms with Crippen molar-refractivity contribution in [1.29, 1.82) is 0 Å². The number of aromatic nitrogens is 7. The van der Waals surface area contributed by atoms with Crippen molar-refractivity contribution >= 4 is 23.1 Å². The van der Waals surface area contributed by atoms with Crippen LogP contribution in [0.5, 0.6) is 0 Å². The molecule has 0 amide bonds. The lowest BCUT2D eigenvalue weighted by atomic mass is 10.0. The fourth-order valence-electron chi connectivity index (χ4n) is 4.05. The van der Waals surface area contributed by atoms with Crippen LogP contribution in [0.4, 0.5) is 6.01 Å². The molecule has 10 heteroatoms. The second-order valence-electron chi connectivity index (χ2n) is 7.43. The average Bonchev–Trinajstić information content (AvgIpc) is 3.52. The van der Waals surface area contributed by atoms with Crippen LogP contribution in [0.2, 0.25) is 5.02 Å². The lowest BCUT2D eigenvalue weighted by Crippen LogP contribution is -2.36. The third kappa shape index (κ3) is 2.89. The highest BCUT2D eigenvalue weighted by atomic mass is 35.5. The molecule has 0 radical (unpaired) electrons. The molecule has 1 aliphatic heterocycles. The van der Waals surface area contributed by atoms with E-state index in [1.54, 1.807) is 17.0 Å². The monoisotopic (exact) mass is 432 g/mol. The minimum absolute atomic E-state index is 0.288. The Morgan fingerprint density at radius 1 is 1.19 bits per heavy atom. The Morgan fingerprint density at radius 3 is 3.00 bits per heavy atom. The van der Waals surface area contributed by atoms with E-state index in [0.717, 1.165) is 34.6 Å². The van der Waals surface area contributed by atoms with Crippen molar-refractivity contribution in [2.24, 2.45) is 0 Å². The van der Waals surface area contributed by atoms with Crippen LogP contribution in [0, 0.1) is 6.92 Å². The first kappa shape index (κ1) is 18.1. The minimum Gasteiger partial charge on any atom is -0.402 e. The molecule has 0 aromatic carbocycles. The van der Waals surface area contributed by atoms with Gasteiger partial charge in [-0.1, -0.05) is 22.8 Å². The number of rotatable bonds is 3. The Labute approximate surface area is 181 Å². The average molecular weight is 433 g/mol. The fraction of sp³-hybridized carbons (Fsp3) is 0.190. The molecule has 5 aromatic rings. The number of H-pyrrole nitrogens is 1. The second kappa shape index (κ2) is 6.92. The van der Waals surface area contributed by atoms with E-state index in [1.165, 1.54) is 0 Å². The van der Waals surface area contributed by atoms with Crippen LogP contribution in [0.1, 0.15) is 28.7 Å². The minimum atomic E-state index is -0.288. The first-order valence-electron chi connectivity index (χ1n) is 9.87. The quantitative estimate of drug-likeness (QED) is 0.464. The van der Waals surface area contributed by atoms with Gasteiger partial charge in [0.2, 0.25) is 0 Å². The molecule has 0 bridgehead atoms. The van der Waals surface area contributed by atoms with E-state index in [0.29, 0.717) is 29.2 Å². The SMILES string of the molecule is Cc1cccnc1-c1nnc(N2CCc3[nH]cnc3[C@H]2c2cc3c(Cl)cccn3n2)o1. The third-order valence-corrected chi connectivity index (χ3v) is 5.87. The van der Waals surface area contributed by atoms with Crippen LogP contribution in [-0.4, -0.2) is 41.3 Å². The number of hydrogen-bond donors (Lipinski definition) is 1. The molecular formula is C21H17ClN8O. The number of anilines is 1. The largest absolute Gasteiger partial charge is 0.402 e. The van der Waals surface area contributed by atoms with Gasteiger partial charge in [-0.25, -0.2) is 9.50 Å². The normalized spacial score (nSPS) is 16.1. The molecule has 0 aliphatic carbocycles. The Bertz CT molecular complexity index is 1400. The van der Waals surface area contributed by atoms with Crippen molar-refractivity contribution in [3.05, 3.63) is 76.7 Å². The van der Waals surface area contributed by atoms with E-state index >= 15 is 0 Å². The van der Waals surface area contributed by atoms with E-state index in [1.807, 2.05) is 48.4 Å². The van der Waals surface area contributed by atoms with Gasteiger partial charge in [0, 0.05) is 31.1 Å². The lowest BCUT2D eigenvalue weighted by molar-refractivity contribution is 0.502. The molecule has 5 aromatic heterocycles. The van der Waals surface area contributed by atoms with E-state index in [4.69, 9.17) is 21.1 Å². The molecule has 6 heterocycles. The molecule has 154 valence electrons. The summed E-state index contributed by atoms with van der Waals surface area (Å²) in [6, 6.07) is 9.65. The van der Waals surface area contributed by atoms with Gasteiger partial charge in [-0.05, 0) is 36.8 Å². The van der Waals surface area contributed by atoms with Crippen LogP contribution in [0.25, 0.3) is 17.1 Å². The number of pyridine rings is 2. The Kier molecular flexibility index (Phi) is 4.03. The molecule has 6 rings (SSSR count). The highest BCUT2D eigenvalue weighted by Gasteiger charge is 2.36. The van der Waals surface area contributed by atoms with Gasteiger partial charge in [-0.2, -0.15) is 5.10 Å². The van der Waals surface area contributed by atoms with E-state index in [-0.39, 0.29) is 6.04 Å².